The first-order chi connectivity index (χ1) is 10.5. The van der Waals surface area contributed by atoms with Crippen LogP contribution in [0.25, 0.3) is 0 Å². The number of carboxylic acid groups (broad SMARTS) is 1. The van der Waals surface area contributed by atoms with Gasteiger partial charge in [-0.2, -0.15) is 4.31 Å². The quantitative estimate of drug-likeness (QED) is 0.930. The van der Waals surface area contributed by atoms with E-state index in [1.807, 2.05) is 30.3 Å². The molecule has 0 spiro atoms. The van der Waals surface area contributed by atoms with E-state index in [1.54, 1.807) is 0 Å². The molecule has 0 bridgehead atoms. The Morgan fingerprint density at radius 2 is 2.00 bits per heavy atom. The first-order valence-electron chi connectivity index (χ1n) is 6.85. The van der Waals surface area contributed by atoms with Gasteiger partial charge in [-0.05, 0) is 24.0 Å². The molecule has 1 saturated heterocycles. The number of aromatic carboxylic acids is 1. The van der Waals surface area contributed by atoms with Crippen molar-refractivity contribution in [2.45, 2.75) is 17.2 Å². The van der Waals surface area contributed by atoms with Crippen molar-refractivity contribution in [2.24, 2.45) is 0 Å². The summed E-state index contributed by atoms with van der Waals surface area (Å²) in [5.74, 6) is -0.913. The highest BCUT2D eigenvalue weighted by molar-refractivity contribution is 7.89. The van der Waals surface area contributed by atoms with Crippen LogP contribution < -0.4 is 0 Å². The van der Waals surface area contributed by atoms with Crippen molar-refractivity contribution in [1.82, 2.24) is 4.31 Å². The molecule has 116 valence electrons. The van der Waals surface area contributed by atoms with Gasteiger partial charge in [0.25, 0.3) is 0 Å². The lowest BCUT2D eigenvalue weighted by Gasteiger charge is -2.15. The zero-order chi connectivity index (χ0) is 15.7. The van der Waals surface area contributed by atoms with Crippen LogP contribution in [0.2, 0.25) is 0 Å². The Labute approximate surface area is 132 Å². The van der Waals surface area contributed by atoms with Gasteiger partial charge in [0.1, 0.15) is 4.88 Å². The van der Waals surface area contributed by atoms with Crippen molar-refractivity contribution in [3.8, 4) is 0 Å². The molecular formula is C15H15NO4S2. The molecule has 1 N–H and O–H groups in total. The molecule has 0 saturated carbocycles. The molecule has 7 heteroatoms. The van der Waals surface area contributed by atoms with Crippen LogP contribution in [0, 0.1) is 0 Å². The van der Waals surface area contributed by atoms with Gasteiger partial charge in [0.15, 0.2) is 0 Å². The fraction of sp³-hybridized carbons (Fsp3) is 0.267. The summed E-state index contributed by atoms with van der Waals surface area (Å²) in [7, 11) is -3.61. The van der Waals surface area contributed by atoms with Gasteiger partial charge in [-0.25, -0.2) is 13.2 Å². The van der Waals surface area contributed by atoms with Crippen LogP contribution in [0.3, 0.4) is 0 Å². The SMILES string of the molecule is O=C(O)c1cc(S(=O)(=O)N2CC[C@H](c3ccccc3)C2)cs1. The van der Waals surface area contributed by atoms with E-state index < -0.39 is 16.0 Å². The summed E-state index contributed by atoms with van der Waals surface area (Å²) in [6.07, 6.45) is 0.777. The highest BCUT2D eigenvalue weighted by Crippen LogP contribution is 2.32. The third kappa shape index (κ3) is 2.79. The monoisotopic (exact) mass is 337 g/mol. The van der Waals surface area contributed by atoms with Crippen molar-refractivity contribution in [3.63, 3.8) is 0 Å². The van der Waals surface area contributed by atoms with E-state index in [0.717, 1.165) is 23.3 Å². The third-order valence-corrected chi connectivity index (χ3v) is 6.76. The van der Waals surface area contributed by atoms with Gasteiger partial charge in [0.2, 0.25) is 10.0 Å². The van der Waals surface area contributed by atoms with Crippen molar-refractivity contribution < 1.29 is 18.3 Å². The Kier molecular flexibility index (Phi) is 4.03. The molecule has 0 unspecified atom stereocenters. The van der Waals surface area contributed by atoms with Crippen LogP contribution >= 0.6 is 11.3 Å². The Hall–Kier alpha value is -1.70. The maximum absolute atomic E-state index is 12.6. The van der Waals surface area contributed by atoms with Crippen molar-refractivity contribution in [2.75, 3.05) is 13.1 Å². The number of carboxylic acids is 1. The summed E-state index contributed by atoms with van der Waals surface area (Å²) in [6, 6.07) is 11.1. The van der Waals surface area contributed by atoms with Gasteiger partial charge in [-0.15, -0.1) is 11.3 Å². The summed E-state index contributed by atoms with van der Waals surface area (Å²) >= 11 is 0.935. The fourth-order valence-electron chi connectivity index (χ4n) is 2.66. The van der Waals surface area contributed by atoms with Crippen LogP contribution in [-0.4, -0.2) is 36.9 Å². The predicted molar refractivity (Wildman–Crippen MR) is 83.8 cm³/mol. The molecule has 1 aromatic carbocycles. The van der Waals surface area contributed by atoms with Gasteiger partial charge in [0, 0.05) is 18.5 Å². The average molecular weight is 337 g/mol. The van der Waals surface area contributed by atoms with Crippen LogP contribution in [0.1, 0.15) is 27.6 Å². The van der Waals surface area contributed by atoms with E-state index in [0.29, 0.717) is 13.1 Å². The molecule has 22 heavy (non-hydrogen) atoms. The second-order valence-corrected chi connectivity index (χ2v) is 8.06. The van der Waals surface area contributed by atoms with E-state index >= 15 is 0 Å². The summed E-state index contributed by atoms with van der Waals surface area (Å²) < 4.78 is 26.6. The van der Waals surface area contributed by atoms with Crippen molar-refractivity contribution in [1.29, 1.82) is 0 Å². The topological polar surface area (TPSA) is 74.7 Å². The highest BCUT2D eigenvalue weighted by atomic mass is 32.2. The van der Waals surface area contributed by atoms with Crippen LogP contribution in [0.15, 0.2) is 46.7 Å². The Morgan fingerprint density at radius 1 is 1.27 bits per heavy atom. The molecule has 1 aliphatic heterocycles. The zero-order valence-corrected chi connectivity index (χ0v) is 13.3. The summed E-state index contributed by atoms with van der Waals surface area (Å²) in [5.41, 5.74) is 1.14. The lowest BCUT2D eigenvalue weighted by Crippen LogP contribution is -2.28. The number of benzene rings is 1. The molecule has 1 atom stereocenters. The third-order valence-electron chi connectivity index (χ3n) is 3.85. The summed E-state index contributed by atoms with van der Waals surface area (Å²) in [6.45, 7) is 0.894. The number of sulfonamides is 1. The lowest BCUT2D eigenvalue weighted by molar-refractivity contribution is 0.0702. The molecule has 2 aromatic rings. The lowest BCUT2D eigenvalue weighted by atomic mass is 9.99. The molecule has 0 amide bonds. The molecule has 0 aliphatic carbocycles. The number of nitrogens with zero attached hydrogens (tertiary/aromatic N) is 1. The molecule has 1 fully saturated rings. The minimum atomic E-state index is -3.61. The van der Waals surface area contributed by atoms with E-state index in [9.17, 15) is 13.2 Å². The number of thiophene rings is 1. The zero-order valence-electron chi connectivity index (χ0n) is 11.7. The number of hydrogen-bond donors (Lipinski definition) is 1. The first kappa shape index (κ1) is 15.2. The summed E-state index contributed by atoms with van der Waals surface area (Å²) in [5, 5.41) is 10.3. The first-order valence-corrected chi connectivity index (χ1v) is 9.17. The standard InChI is InChI=1S/C15H15NO4S2/c17-15(18)14-8-13(10-21-14)22(19,20)16-7-6-12(9-16)11-4-2-1-3-5-11/h1-5,8,10,12H,6-7,9H2,(H,17,18)/t12-/m0/s1. The van der Waals surface area contributed by atoms with Gasteiger partial charge < -0.3 is 5.11 Å². The fourth-order valence-corrected chi connectivity index (χ4v) is 5.26. The maximum Gasteiger partial charge on any atom is 0.345 e. The molecular weight excluding hydrogens is 322 g/mol. The van der Waals surface area contributed by atoms with Crippen molar-refractivity contribution in [3.05, 3.63) is 52.2 Å². The van der Waals surface area contributed by atoms with E-state index in [-0.39, 0.29) is 15.7 Å². The van der Waals surface area contributed by atoms with Crippen LogP contribution in [0.4, 0.5) is 0 Å². The minimum absolute atomic E-state index is 0.0392. The van der Waals surface area contributed by atoms with E-state index in [2.05, 4.69) is 0 Å². The van der Waals surface area contributed by atoms with E-state index in [1.165, 1.54) is 15.8 Å². The van der Waals surface area contributed by atoms with Crippen LogP contribution in [0.5, 0.6) is 0 Å². The molecule has 1 aromatic heterocycles. The van der Waals surface area contributed by atoms with Crippen LogP contribution in [-0.2, 0) is 10.0 Å². The smallest absolute Gasteiger partial charge is 0.345 e. The number of rotatable bonds is 4. The largest absolute Gasteiger partial charge is 0.477 e. The maximum atomic E-state index is 12.6. The van der Waals surface area contributed by atoms with Gasteiger partial charge in [0.05, 0.1) is 4.90 Å². The Bertz CT molecular complexity index is 783. The van der Waals surface area contributed by atoms with Gasteiger partial charge >= 0.3 is 5.97 Å². The Morgan fingerprint density at radius 3 is 2.64 bits per heavy atom. The summed E-state index contributed by atoms with van der Waals surface area (Å²) in [4.78, 5) is 11.0. The molecule has 5 nitrogen and oxygen atoms in total. The van der Waals surface area contributed by atoms with Gasteiger partial charge in [-0.3, -0.25) is 0 Å². The number of carbonyl (C=O) groups is 1. The molecule has 2 heterocycles. The van der Waals surface area contributed by atoms with Gasteiger partial charge in [-0.1, -0.05) is 30.3 Å². The second-order valence-electron chi connectivity index (χ2n) is 5.21. The normalized spacial score (nSPS) is 19.4. The average Bonchev–Trinajstić information content (AvgIpc) is 3.18. The predicted octanol–water partition coefficient (Wildman–Crippen LogP) is 2.62. The molecule has 1 aliphatic rings. The minimum Gasteiger partial charge on any atom is -0.477 e. The van der Waals surface area contributed by atoms with Crippen molar-refractivity contribution >= 4 is 27.3 Å². The number of hydrogen-bond acceptors (Lipinski definition) is 4. The molecule has 3 rings (SSSR count). The Balaban J connectivity index is 1.80. The highest BCUT2D eigenvalue weighted by Gasteiger charge is 2.33. The second kappa shape index (κ2) is 5.83. The molecule has 0 radical (unpaired) electrons. The van der Waals surface area contributed by atoms with E-state index in [4.69, 9.17) is 5.11 Å².